The highest BCUT2D eigenvalue weighted by Crippen LogP contribution is 2.46. The molecule has 1 heterocycles. The molecule has 0 bridgehead atoms. The molecular weight excluding hydrogens is 135 g/mol. The van der Waals surface area contributed by atoms with Gasteiger partial charge in [-0.1, -0.05) is 6.07 Å². The first kappa shape index (κ1) is 6.29. The Kier molecular flexibility index (Phi) is 1.29. The Bertz CT molecular complexity index is 236. The van der Waals surface area contributed by atoms with Gasteiger partial charge in [-0.05, 0) is 12.1 Å². The van der Waals surface area contributed by atoms with Crippen LogP contribution in [-0.4, -0.2) is 11.0 Å². The fourth-order valence-corrected chi connectivity index (χ4v) is 0.656. The van der Waals surface area contributed by atoms with Crippen LogP contribution in [0, 0.1) is 5.82 Å². The highest BCUT2D eigenvalue weighted by atomic mass is 28.1. The second-order valence-electron chi connectivity index (χ2n) is 1.67. The Morgan fingerprint density at radius 3 is 2.67 bits per heavy atom. The minimum atomic E-state index is -0.262. The molecule has 4 radical (unpaired) electrons. The SMILES string of the molecule is Fc1cccc2c1O2.[Si]. The third kappa shape index (κ3) is 0.832. The molecule has 0 aromatic heterocycles. The van der Waals surface area contributed by atoms with Crippen LogP contribution in [0.25, 0.3) is 0 Å². The lowest BCUT2D eigenvalue weighted by atomic mass is 10.4. The van der Waals surface area contributed by atoms with Crippen molar-refractivity contribution in [3.63, 3.8) is 0 Å². The number of rotatable bonds is 0. The van der Waals surface area contributed by atoms with Crippen molar-refractivity contribution in [3.05, 3.63) is 24.0 Å². The van der Waals surface area contributed by atoms with E-state index in [9.17, 15) is 4.39 Å². The fourth-order valence-electron chi connectivity index (χ4n) is 0.656. The molecule has 0 spiro atoms. The number of halogens is 1. The second kappa shape index (κ2) is 1.84. The van der Waals surface area contributed by atoms with Crippen molar-refractivity contribution in [3.8, 4) is 11.5 Å². The van der Waals surface area contributed by atoms with Gasteiger partial charge in [0, 0.05) is 11.0 Å². The summed E-state index contributed by atoms with van der Waals surface area (Å²) in [5, 5.41) is 0. The van der Waals surface area contributed by atoms with Gasteiger partial charge in [-0.2, -0.15) is 0 Å². The molecule has 0 aliphatic carbocycles. The van der Waals surface area contributed by atoms with Crippen LogP contribution >= 0.6 is 0 Å². The zero-order chi connectivity index (χ0) is 5.56. The Labute approximate surface area is 56.5 Å². The highest BCUT2D eigenvalue weighted by Gasteiger charge is 2.23. The van der Waals surface area contributed by atoms with Crippen LogP contribution < -0.4 is 4.74 Å². The monoisotopic (exact) mass is 138 g/mol. The van der Waals surface area contributed by atoms with E-state index in [2.05, 4.69) is 0 Å². The summed E-state index contributed by atoms with van der Waals surface area (Å²) in [4.78, 5) is 0. The summed E-state index contributed by atoms with van der Waals surface area (Å²) in [6.07, 6.45) is 0. The Hall–Kier alpha value is -0.833. The third-order valence-electron chi connectivity index (χ3n) is 1.10. The molecule has 0 amide bonds. The first-order valence-electron chi connectivity index (χ1n) is 2.34. The summed E-state index contributed by atoms with van der Waals surface area (Å²) in [5.41, 5.74) is 0. The fraction of sp³-hybridized carbons (Fsp3) is 0. The van der Waals surface area contributed by atoms with E-state index in [1.54, 1.807) is 12.1 Å². The number of benzene rings is 1. The lowest BCUT2D eigenvalue weighted by Gasteiger charge is -1.72. The van der Waals surface area contributed by atoms with E-state index >= 15 is 0 Å². The van der Waals surface area contributed by atoms with E-state index < -0.39 is 0 Å². The first-order chi connectivity index (χ1) is 3.88. The van der Waals surface area contributed by atoms with Crippen LogP contribution in [-0.2, 0) is 0 Å². The van der Waals surface area contributed by atoms with Crippen LogP contribution in [0.2, 0.25) is 0 Å². The normalized spacial score (nSPS) is 10.8. The molecule has 0 saturated heterocycles. The summed E-state index contributed by atoms with van der Waals surface area (Å²) >= 11 is 0. The predicted octanol–water partition coefficient (Wildman–Crippen LogP) is 1.55. The standard InChI is InChI=1S/C6H3FO.Si/c7-4-2-1-3-5-6(4)8-5;/h1-3H;. The maximum Gasteiger partial charge on any atom is 0.205 e. The average molecular weight is 138 g/mol. The largest absolute Gasteiger partial charge is 0.446 e. The summed E-state index contributed by atoms with van der Waals surface area (Å²) in [6.45, 7) is 0. The molecule has 1 nitrogen and oxygen atoms in total. The van der Waals surface area contributed by atoms with Gasteiger partial charge in [0.15, 0.2) is 11.6 Å². The number of fused-ring (bicyclic) bond motifs is 1. The van der Waals surface area contributed by atoms with Gasteiger partial charge in [0.25, 0.3) is 0 Å². The van der Waals surface area contributed by atoms with Crippen molar-refractivity contribution in [2.75, 3.05) is 0 Å². The van der Waals surface area contributed by atoms with Gasteiger partial charge in [-0.15, -0.1) is 0 Å². The van der Waals surface area contributed by atoms with Crippen LogP contribution in [0.15, 0.2) is 18.2 Å². The molecular formula is C6H3FOSi. The van der Waals surface area contributed by atoms with Gasteiger partial charge in [-0.3, -0.25) is 0 Å². The quantitative estimate of drug-likeness (QED) is 0.397. The highest BCUT2D eigenvalue weighted by molar-refractivity contribution is 5.75. The summed E-state index contributed by atoms with van der Waals surface area (Å²) in [7, 11) is 0. The van der Waals surface area contributed by atoms with Crippen molar-refractivity contribution in [2.45, 2.75) is 0 Å². The molecule has 1 aromatic rings. The van der Waals surface area contributed by atoms with E-state index in [1.165, 1.54) is 6.07 Å². The Morgan fingerprint density at radius 2 is 2.11 bits per heavy atom. The number of para-hydroxylation sites is 1. The molecule has 0 N–H and O–H groups in total. The molecule has 0 fully saturated rings. The van der Waals surface area contributed by atoms with E-state index in [1.807, 2.05) is 0 Å². The van der Waals surface area contributed by atoms with E-state index in [4.69, 9.17) is 4.74 Å². The maximum absolute atomic E-state index is 12.2. The van der Waals surface area contributed by atoms with Gasteiger partial charge in [-0.25, -0.2) is 4.39 Å². The molecule has 1 aliphatic rings. The number of ether oxygens (including phenoxy) is 1. The van der Waals surface area contributed by atoms with Gasteiger partial charge in [0.2, 0.25) is 5.75 Å². The van der Waals surface area contributed by atoms with Crippen molar-refractivity contribution in [1.29, 1.82) is 0 Å². The number of hydrogen-bond donors (Lipinski definition) is 0. The van der Waals surface area contributed by atoms with Crippen molar-refractivity contribution < 1.29 is 9.13 Å². The van der Waals surface area contributed by atoms with E-state index in [0.717, 1.165) is 0 Å². The zero-order valence-electron chi connectivity index (χ0n) is 4.52. The predicted molar refractivity (Wildman–Crippen MR) is 32.2 cm³/mol. The van der Waals surface area contributed by atoms with Crippen LogP contribution in [0.5, 0.6) is 11.5 Å². The van der Waals surface area contributed by atoms with Gasteiger partial charge >= 0.3 is 0 Å². The van der Waals surface area contributed by atoms with Gasteiger partial charge in [0.1, 0.15) is 0 Å². The molecule has 0 unspecified atom stereocenters. The first-order valence-corrected chi connectivity index (χ1v) is 2.34. The summed E-state index contributed by atoms with van der Waals surface area (Å²) in [5.74, 6) is 0.819. The molecule has 0 atom stereocenters. The average Bonchev–Trinajstić information content (AvgIpc) is 2.45. The van der Waals surface area contributed by atoms with Gasteiger partial charge in [0.05, 0.1) is 0 Å². The maximum atomic E-state index is 12.2. The molecule has 3 heteroatoms. The van der Waals surface area contributed by atoms with Crippen LogP contribution in [0.4, 0.5) is 4.39 Å². The van der Waals surface area contributed by atoms with E-state index in [0.29, 0.717) is 11.5 Å². The molecule has 9 heavy (non-hydrogen) atoms. The zero-order valence-corrected chi connectivity index (χ0v) is 5.52. The molecule has 2 rings (SSSR count). The third-order valence-corrected chi connectivity index (χ3v) is 1.10. The second-order valence-corrected chi connectivity index (χ2v) is 1.67. The van der Waals surface area contributed by atoms with E-state index in [-0.39, 0.29) is 16.8 Å². The van der Waals surface area contributed by atoms with Crippen LogP contribution in [0.1, 0.15) is 0 Å². The minimum absolute atomic E-state index is 0. The number of hydrogen-bond acceptors (Lipinski definition) is 1. The Balaban J connectivity index is 0.000000405. The van der Waals surface area contributed by atoms with Crippen molar-refractivity contribution in [1.82, 2.24) is 0 Å². The summed E-state index contributed by atoms with van der Waals surface area (Å²) in [6, 6.07) is 4.74. The molecule has 1 aliphatic heterocycles. The smallest absolute Gasteiger partial charge is 0.205 e. The van der Waals surface area contributed by atoms with Crippen molar-refractivity contribution >= 4 is 11.0 Å². The molecule has 44 valence electrons. The molecule has 1 aromatic carbocycles. The topological polar surface area (TPSA) is 12.5 Å². The van der Waals surface area contributed by atoms with Crippen LogP contribution in [0.3, 0.4) is 0 Å². The minimum Gasteiger partial charge on any atom is -0.446 e. The lowest BCUT2D eigenvalue weighted by molar-refractivity contribution is 0.572. The summed E-state index contributed by atoms with van der Waals surface area (Å²) < 4.78 is 16.9. The Morgan fingerprint density at radius 1 is 1.33 bits per heavy atom. The van der Waals surface area contributed by atoms with Crippen molar-refractivity contribution in [2.24, 2.45) is 0 Å². The molecule has 0 saturated carbocycles. The lowest BCUT2D eigenvalue weighted by Crippen LogP contribution is -1.58. The van der Waals surface area contributed by atoms with Gasteiger partial charge < -0.3 is 4.74 Å².